The quantitative estimate of drug-likeness (QED) is 0.834. The van der Waals surface area contributed by atoms with E-state index in [1.54, 1.807) is 23.7 Å². The van der Waals surface area contributed by atoms with Crippen molar-refractivity contribution >= 4 is 22.7 Å². The van der Waals surface area contributed by atoms with Crippen LogP contribution in [-0.4, -0.2) is 4.98 Å². The van der Waals surface area contributed by atoms with Crippen LogP contribution in [0.1, 0.15) is 10.4 Å². The number of thiophene rings is 1. The molecular weight excluding hydrogens is 206 g/mol. The molecular formula is C11H13N3S. The molecule has 0 spiro atoms. The summed E-state index contributed by atoms with van der Waals surface area (Å²) < 4.78 is 0. The van der Waals surface area contributed by atoms with Crippen LogP contribution in [0.2, 0.25) is 0 Å². The zero-order chi connectivity index (χ0) is 10.7. The van der Waals surface area contributed by atoms with Crippen LogP contribution in [-0.2, 0) is 6.54 Å². The molecule has 3 N–H and O–H groups in total. The summed E-state index contributed by atoms with van der Waals surface area (Å²) in [6.07, 6.45) is 3.42. The Kier molecular flexibility index (Phi) is 2.87. The van der Waals surface area contributed by atoms with Crippen LogP contribution in [0.3, 0.4) is 0 Å². The molecule has 4 heteroatoms. The molecule has 0 saturated carbocycles. The Morgan fingerprint density at radius 1 is 1.47 bits per heavy atom. The molecule has 0 aliphatic heterocycles. The van der Waals surface area contributed by atoms with Crippen molar-refractivity contribution in [2.75, 3.05) is 11.1 Å². The third-order valence-corrected chi connectivity index (χ3v) is 3.20. The van der Waals surface area contributed by atoms with Gasteiger partial charge in [-0.3, -0.25) is 4.98 Å². The Bertz CT molecular complexity index is 451. The van der Waals surface area contributed by atoms with E-state index in [0.29, 0.717) is 5.69 Å². The number of nitrogens with zero attached hydrogens (tertiary/aromatic N) is 1. The first-order valence-corrected chi connectivity index (χ1v) is 5.61. The Balaban J connectivity index is 2.02. The summed E-state index contributed by atoms with van der Waals surface area (Å²) in [5.74, 6) is 0. The van der Waals surface area contributed by atoms with E-state index in [9.17, 15) is 0 Å². The van der Waals surface area contributed by atoms with Crippen molar-refractivity contribution in [1.82, 2.24) is 4.98 Å². The van der Waals surface area contributed by atoms with Gasteiger partial charge in [-0.1, -0.05) is 0 Å². The standard InChI is InChI=1S/C11H13N3S/c1-8-2-3-15-11(8)7-14-10-4-9(12)5-13-6-10/h2-6,14H,7,12H2,1H3. The second-order valence-corrected chi connectivity index (χ2v) is 4.39. The minimum absolute atomic E-state index is 0.683. The molecule has 0 fully saturated rings. The summed E-state index contributed by atoms with van der Waals surface area (Å²) in [6, 6.07) is 4.01. The number of aryl methyl sites for hydroxylation is 1. The van der Waals surface area contributed by atoms with Gasteiger partial charge in [0.2, 0.25) is 0 Å². The highest BCUT2D eigenvalue weighted by Gasteiger charge is 1.99. The SMILES string of the molecule is Cc1ccsc1CNc1cncc(N)c1. The number of aromatic nitrogens is 1. The van der Waals surface area contributed by atoms with Crippen LogP contribution in [0, 0.1) is 6.92 Å². The molecule has 0 radical (unpaired) electrons. The number of nitrogens with one attached hydrogen (secondary N) is 1. The number of anilines is 2. The monoisotopic (exact) mass is 219 g/mol. The molecule has 0 aliphatic rings. The highest BCUT2D eigenvalue weighted by molar-refractivity contribution is 7.10. The van der Waals surface area contributed by atoms with Crippen molar-refractivity contribution in [3.8, 4) is 0 Å². The number of hydrogen-bond donors (Lipinski definition) is 2. The average molecular weight is 219 g/mol. The van der Waals surface area contributed by atoms with E-state index < -0.39 is 0 Å². The van der Waals surface area contributed by atoms with E-state index >= 15 is 0 Å². The largest absolute Gasteiger partial charge is 0.397 e. The lowest BCUT2D eigenvalue weighted by Gasteiger charge is -2.05. The average Bonchev–Trinajstić information content (AvgIpc) is 2.61. The molecule has 78 valence electrons. The highest BCUT2D eigenvalue weighted by Crippen LogP contribution is 2.17. The van der Waals surface area contributed by atoms with E-state index in [1.165, 1.54) is 10.4 Å². The molecule has 0 amide bonds. The van der Waals surface area contributed by atoms with Gasteiger partial charge in [-0.15, -0.1) is 11.3 Å². The summed E-state index contributed by atoms with van der Waals surface area (Å²) in [6.45, 7) is 2.94. The number of rotatable bonds is 3. The zero-order valence-electron chi connectivity index (χ0n) is 8.53. The van der Waals surface area contributed by atoms with Crippen LogP contribution in [0.4, 0.5) is 11.4 Å². The van der Waals surface area contributed by atoms with E-state index in [4.69, 9.17) is 5.73 Å². The first-order chi connectivity index (χ1) is 7.25. The van der Waals surface area contributed by atoms with Crippen molar-refractivity contribution in [3.63, 3.8) is 0 Å². The van der Waals surface area contributed by atoms with E-state index in [2.05, 4.69) is 28.7 Å². The fourth-order valence-corrected chi connectivity index (χ4v) is 2.17. The second kappa shape index (κ2) is 4.31. The van der Waals surface area contributed by atoms with Crippen molar-refractivity contribution < 1.29 is 0 Å². The number of nitrogen functional groups attached to an aromatic ring is 1. The van der Waals surface area contributed by atoms with E-state index in [1.807, 2.05) is 6.07 Å². The van der Waals surface area contributed by atoms with Gasteiger partial charge in [-0.05, 0) is 30.0 Å². The minimum atomic E-state index is 0.683. The number of nitrogens with two attached hydrogens (primary N) is 1. The summed E-state index contributed by atoms with van der Waals surface area (Å²) in [4.78, 5) is 5.37. The lowest BCUT2D eigenvalue weighted by Crippen LogP contribution is -1.99. The lowest BCUT2D eigenvalue weighted by atomic mass is 10.3. The normalized spacial score (nSPS) is 10.2. The molecule has 2 rings (SSSR count). The molecule has 0 atom stereocenters. The van der Waals surface area contributed by atoms with Crippen molar-refractivity contribution in [2.24, 2.45) is 0 Å². The van der Waals surface area contributed by atoms with Crippen LogP contribution in [0.25, 0.3) is 0 Å². The summed E-state index contributed by atoms with van der Waals surface area (Å²) in [7, 11) is 0. The third kappa shape index (κ3) is 2.47. The molecule has 0 unspecified atom stereocenters. The van der Waals surface area contributed by atoms with Crippen molar-refractivity contribution in [3.05, 3.63) is 40.3 Å². The predicted molar refractivity (Wildman–Crippen MR) is 65.0 cm³/mol. The fourth-order valence-electron chi connectivity index (χ4n) is 1.32. The molecule has 2 aromatic heterocycles. The number of pyridine rings is 1. The minimum Gasteiger partial charge on any atom is -0.397 e. The van der Waals surface area contributed by atoms with E-state index in [-0.39, 0.29) is 0 Å². The molecule has 0 aliphatic carbocycles. The van der Waals surface area contributed by atoms with Gasteiger partial charge in [0.1, 0.15) is 0 Å². The van der Waals surface area contributed by atoms with Gasteiger partial charge in [-0.25, -0.2) is 0 Å². The predicted octanol–water partition coefficient (Wildman–Crippen LogP) is 2.65. The zero-order valence-corrected chi connectivity index (χ0v) is 9.34. The molecule has 2 heterocycles. The molecule has 3 nitrogen and oxygen atoms in total. The topological polar surface area (TPSA) is 50.9 Å². The third-order valence-electron chi connectivity index (χ3n) is 2.18. The fraction of sp³-hybridized carbons (Fsp3) is 0.182. The lowest BCUT2D eigenvalue weighted by molar-refractivity contribution is 1.15. The maximum atomic E-state index is 5.64. The van der Waals surface area contributed by atoms with Gasteiger partial charge in [0, 0.05) is 17.6 Å². The highest BCUT2D eigenvalue weighted by atomic mass is 32.1. The van der Waals surface area contributed by atoms with Crippen molar-refractivity contribution in [1.29, 1.82) is 0 Å². The molecule has 0 aromatic carbocycles. The maximum absolute atomic E-state index is 5.64. The first kappa shape index (κ1) is 9.98. The Morgan fingerprint density at radius 2 is 2.33 bits per heavy atom. The van der Waals surface area contributed by atoms with Crippen LogP contribution in [0.15, 0.2) is 29.9 Å². The molecule has 0 saturated heterocycles. The second-order valence-electron chi connectivity index (χ2n) is 3.39. The smallest absolute Gasteiger partial charge is 0.0550 e. The number of hydrogen-bond acceptors (Lipinski definition) is 4. The molecule has 0 bridgehead atoms. The van der Waals surface area contributed by atoms with Gasteiger partial charge in [0.25, 0.3) is 0 Å². The van der Waals surface area contributed by atoms with Gasteiger partial charge in [0.15, 0.2) is 0 Å². The van der Waals surface area contributed by atoms with Gasteiger partial charge >= 0.3 is 0 Å². The van der Waals surface area contributed by atoms with Gasteiger partial charge in [-0.2, -0.15) is 0 Å². The summed E-state index contributed by atoms with van der Waals surface area (Å²) in [5, 5.41) is 5.40. The van der Waals surface area contributed by atoms with Gasteiger partial charge < -0.3 is 11.1 Å². The van der Waals surface area contributed by atoms with Crippen LogP contribution in [0.5, 0.6) is 0 Å². The molecule has 2 aromatic rings. The molecule has 15 heavy (non-hydrogen) atoms. The first-order valence-electron chi connectivity index (χ1n) is 4.73. The Morgan fingerprint density at radius 3 is 3.00 bits per heavy atom. The van der Waals surface area contributed by atoms with Crippen LogP contribution >= 0.6 is 11.3 Å². The maximum Gasteiger partial charge on any atom is 0.0550 e. The van der Waals surface area contributed by atoms with E-state index in [0.717, 1.165) is 12.2 Å². The van der Waals surface area contributed by atoms with Gasteiger partial charge in [0.05, 0.1) is 17.6 Å². The Labute approximate surface area is 93.0 Å². The summed E-state index contributed by atoms with van der Waals surface area (Å²) in [5.41, 5.74) is 8.61. The summed E-state index contributed by atoms with van der Waals surface area (Å²) >= 11 is 1.76. The van der Waals surface area contributed by atoms with Crippen molar-refractivity contribution in [2.45, 2.75) is 13.5 Å². The Hall–Kier alpha value is -1.55. The van der Waals surface area contributed by atoms with Crippen LogP contribution < -0.4 is 11.1 Å².